The van der Waals surface area contributed by atoms with Crippen molar-refractivity contribution in [3.63, 3.8) is 0 Å². The van der Waals surface area contributed by atoms with Gasteiger partial charge in [-0.2, -0.15) is 0 Å². The molecule has 2 aromatic carbocycles. The molecule has 0 bridgehead atoms. The zero-order chi connectivity index (χ0) is 23.4. The molecule has 2 heterocycles. The highest BCUT2D eigenvalue weighted by molar-refractivity contribution is 7.92. The van der Waals surface area contributed by atoms with Crippen LogP contribution >= 0.6 is 0 Å². The Labute approximate surface area is 188 Å². The maximum absolute atomic E-state index is 13.0. The number of benzene rings is 2. The largest absolute Gasteiger partial charge is 0.497 e. The predicted octanol–water partition coefficient (Wildman–Crippen LogP) is 3.98. The van der Waals surface area contributed by atoms with E-state index in [1.54, 1.807) is 30.3 Å². The van der Waals surface area contributed by atoms with E-state index < -0.39 is 10.0 Å². The van der Waals surface area contributed by atoms with Crippen LogP contribution in [-0.2, 0) is 10.0 Å². The van der Waals surface area contributed by atoms with Gasteiger partial charge in [-0.3, -0.25) is 4.72 Å². The first-order valence-electron chi connectivity index (χ1n) is 9.51. The van der Waals surface area contributed by atoms with Gasteiger partial charge in [-0.25, -0.2) is 23.4 Å². The molecule has 11 nitrogen and oxygen atoms in total. The SMILES string of the molecule is COc1cc(Nc2nc3cccnc3nc2NS(=O)(=O)c2cccc(N=O)c2)cc(OC)c1. The van der Waals surface area contributed by atoms with Crippen LogP contribution in [0.4, 0.5) is 23.0 Å². The van der Waals surface area contributed by atoms with Gasteiger partial charge in [0.2, 0.25) is 0 Å². The monoisotopic (exact) mass is 466 g/mol. The molecule has 33 heavy (non-hydrogen) atoms. The lowest BCUT2D eigenvalue weighted by atomic mass is 10.2. The van der Waals surface area contributed by atoms with Crippen LogP contribution in [0.1, 0.15) is 0 Å². The summed E-state index contributed by atoms with van der Waals surface area (Å²) in [6.45, 7) is 0. The van der Waals surface area contributed by atoms with Crippen LogP contribution in [0, 0.1) is 4.91 Å². The van der Waals surface area contributed by atoms with E-state index >= 15 is 0 Å². The van der Waals surface area contributed by atoms with Gasteiger partial charge in [0, 0.05) is 30.1 Å². The fourth-order valence-corrected chi connectivity index (χ4v) is 4.01. The number of pyridine rings is 1. The normalized spacial score (nSPS) is 11.1. The van der Waals surface area contributed by atoms with Gasteiger partial charge >= 0.3 is 0 Å². The Morgan fingerprint density at radius 3 is 2.36 bits per heavy atom. The van der Waals surface area contributed by atoms with Crippen LogP contribution in [-0.4, -0.2) is 37.6 Å². The molecule has 168 valence electrons. The molecule has 0 aliphatic rings. The van der Waals surface area contributed by atoms with Gasteiger partial charge in [0.25, 0.3) is 10.0 Å². The number of hydrogen-bond donors (Lipinski definition) is 2. The molecule has 0 amide bonds. The minimum atomic E-state index is -4.12. The molecule has 0 saturated carbocycles. The second-order valence-corrected chi connectivity index (χ2v) is 8.37. The second-order valence-electron chi connectivity index (χ2n) is 6.69. The molecule has 0 saturated heterocycles. The van der Waals surface area contributed by atoms with Crippen LogP contribution < -0.4 is 19.5 Å². The number of nitroso groups, excluding NO2 is 1. The number of aromatic nitrogens is 3. The summed E-state index contributed by atoms with van der Waals surface area (Å²) in [6.07, 6.45) is 1.52. The molecule has 0 radical (unpaired) electrons. The number of fused-ring (bicyclic) bond motifs is 1. The molecule has 4 rings (SSSR count). The lowest BCUT2D eigenvalue weighted by Gasteiger charge is -2.15. The van der Waals surface area contributed by atoms with E-state index in [9.17, 15) is 13.3 Å². The smallest absolute Gasteiger partial charge is 0.263 e. The van der Waals surface area contributed by atoms with Crippen molar-refractivity contribution < 1.29 is 17.9 Å². The summed E-state index contributed by atoms with van der Waals surface area (Å²) in [5.41, 5.74) is 1.19. The maximum Gasteiger partial charge on any atom is 0.263 e. The molecule has 2 aromatic heterocycles. The highest BCUT2D eigenvalue weighted by Gasteiger charge is 2.20. The number of rotatable bonds is 8. The van der Waals surface area contributed by atoms with E-state index in [1.807, 2.05) is 0 Å². The molecule has 0 fully saturated rings. The van der Waals surface area contributed by atoms with Crippen LogP contribution in [0.3, 0.4) is 0 Å². The van der Waals surface area contributed by atoms with Crippen molar-refractivity contribution in [2.24, 2.45) is 5.18 Å². The first-order valence-corrected chi connectivity index (χ1v) is 11.0. The first-order chi connectivity index (χ1) is 15.9. The molecular formula is C21H18N6O5S. The van der Waals surface area contributed by atoms with E-state index in [0.717, 1.165) is 6.07 Å². The lowest BCUT2D eigenvalue weighted by Crippen LogP contribution is -2.16. The molecule has 0 unspecified atom stereocenters. The van der Waals surface area contributed by atoms with Crippen molar-refractivity contribution in [1.29, 1.82) is 0 Å². The Morgan fingerprint density at radius 2 is 1.67 bits per heavy atom. The average molecular weight is 466 g/mol. The third kappa shape index (κ3) is 4.80. The van der Waals surface area contributed by atoms with Crippen LogP contribution in [0.2, 0.25) is 0 Å². The Bertz CT molecular complexity index is 1420. The summed E-state index contributed by atoms with van der Waals surface area (Å²) >= 11 is 0. The van der Waals surface area contributed by atoms with Gasteiger partial charge in [-0.05, 0) is 35.5 Å². The predicted molar refractivity (Wildman–Crippen MR) is 123 cm³/mol. The number of nitrogens with zero attached hydrogens (tertiary/aromatic N) is 4. The van der Waals surface area contributed by atoms with Crippen molar-refractivity contribution in [3.05, 3.63) is 65.7 Å². The molecular weight excluding hydrogens is 448 g/mol. The fraction of sp³-hybridized carbons (Fsp3) is 0.0952. The standard InChI is InChI=1S/C21H18N6O5S/c1-31-15-9-14(10-16(12-15)32-2)23-20-21(25-19-18(24-20)7-4-8-22-19)27-33(29,30)17-6-3-5-13(11-17)26-28/h3-12H,1-2H3,(H,23,24)(H,22,25,27). The van der Waals surface area contributed by atoms with Gasteiger partial charge < -0.3 is 14.8 Å². The Morgan fingerprint density at radius 1 is 0.909 bits per heavy atom. The van der Waals surface area contributed by atoms with Crippen molar-refractivity contribution >= 4 is 44.2 Å². The van der Waals surface area contributed by atoms with Crippen LogP contribution in [0.15, 0.2) is 70.9 Å². The average Bonchev–Trinajstić information content (AvgIpc) is 2.84. The second kappa shape index (κ2) is 9.04. The molecule has 0 aliphatic heterocycles. The van der Waals surface area contributed by atoms with E-state index in [4.69, 9.17) is 9.47 Å². The molecule has 0 spiro atoms. The maximum atomic E-state index is 13.0. The van der Waals surface area contributed by atoms with Gasteiger partial charge in [-0.1, -0.05) is 6.07 Å². The summed E-state index contributed by atoms with van der Waals surface area (Å²) in [6, 6.07) is 13.8. The van der Waals surface area contributed by atoms with Crippen molar-refractivity contribution in [3.8, 4) is 11.5 Å². The molecule has 2 N–H and O–H groups in total. The fourth-order valence-electron chi connectivity index (χ4n) is 2.96. The Balaban J connectivity index is 1.79. The van der Waals surface area contributed by atoms with Gasteiger partial charge in [0.15, 0.2) is 17.3 Å². The topological polar surface area (TPSA) is 145 Å². The zero-order valence-electron chi connectivity index (χ0n) is 17.5. The lowest BCUT2D eigenvalue weighted by molar-refractivity contribution is 0.395. The zero-order valence-corrected chi connectivity index (χ0v) is 18.3. The Kier molecular flexibility index (Phi) is 6.00. The van der Waals surface area contributed by atoms with E-state index in [1.165, 1.54) is 38.6 Å². The number of nitrogens with one attached hydrogen (secondary N) is 2. The van der Waals surface area contributed by atoms with Crippen molar-refractivity contribution in [2.45, 2.75) is 4.90 Å². The molecule has 0 atom stereocenters. The summed E-state index contributed by atoms with van der Waals surface area (Å²) in [5, 5.41) is 5.84. The van der Waals surface area contributed by atoms with Crippen molar-refractivity contribution in [2.75, 3.05) is 24.3 Å². The number of sulfonamides is 1. The third-order valence-electron chi connectivity index (χ3n) is 4.52. The van der Waals surface area contributed by atoms with Crippen LogP contribution in [0.25, 0.3) is 11.2 Å². The quantitative estimate of drug-likeness (QED) is 0.368. The summed E-state index contributed by atoms with van der Waals surface area (Å²) < 4.78 is 39.0. The minimum Gasteiger partial charge on any atom is -0.497 e. The minimum absolute atomic E-state index is 0.0223. The summed E-state index contributed by atoms with van der Waals surface area (Å²) in [5.74, 6) is 1.08. The Hall–Kier alpha value is -4.32. The molecule has 12 heteroatoms. The molecule has 0 aliphatic carbocycles. The number of methoxy groups -OCH3 is 2. The first kappa shape index (κ1) is 21.9. The summed E-state index contributed by atoms with van der Waals surface area (Å²) in [7, 11) is -1.09. The van der Waals surface area contributed by atoms with Crippen molar-refractivity contribution in [1.82, 2.24) is 15.0 Å². The van der Waals surface area contributed by atoms with Gasteiger partial charge in [-0.15, -0.1) is 4.91 Å². The van der Waals surface area contributed by atoms with Gasteiger partial charge in [0.1, 0.15) is 22.7 Å². The third-order valence-corrected chi connectivity index (χ3v) is 5.86. The van der Waals surface area contributed by atoms with E-state index in [0.29, 0.717) is 22.7 Å². The number of hydrogen-bond acceptors (Lipinski definition) is 10. The van der Waals surface area contributed by atoms with Gasteiger partial charge in [0.05, 0.1) is 19.1 Å². The highest BCUT2D eigenvalue weighted by atomic mass is 32.2. The van der Waals surface area contributed by atoms with E-state index in [-0.39, 0.29) is 27.9 Å². The molecule has 4 aromatic rings. The number of ether oxygens (including phenoxy) is 2. The number of anilines is 3. The van der Waals surface area contributed by atoms with E-state index in [2.05, 4.69) is 30.2 Å². The summed E-state index contributed by atoms with van der Waals surface area (Å²) in [4.78, 5) is 23.6. The van der Waals surface area contributed by atoms with Crippen LogP contribution in [0.5, 0.6) is 11.5 Å². The highest BCUT2D eigenvalue weighted by Crippen LogP contribution is 2.31.